The molecule has 1 N–H and O–H groups in total. The Bertz CT molecular complexity index is 918. The van der Waals surface area contributed by atoms with E-state index in [-0.39, 0.29) is 23.5 Å². The number of carbonyl (C=O) groups excluding carboxylic acids is 3. The number of hydrogen-bond donors (Lipinski definition) is 1. The highest BCUT2D eigenvalue weighted by atomic mass is 32.2. The maximum Gasteiger partial charge on any atom is 0.326 e. The fraction of sp³-hybridized carbons (Fsp3) is 0.591. The van der Waals surface area contributed by atoms with Crippen LogP contribution in [0.2, 0.25) is 0 Å². The number of esters is 1. The maximum absolute atomic E-state index is 12.6. The zero-order valence-corrected chi connectivity index (χ0v) is 19.6. The van der Waals surface area contributed by atoms with Gasteiger partial charge in [0.1, 0.15) is 6.54 Å². The first-order valence-electron chi connectivity index (χ1n) is 10.4. The second kappa shape index (κ2) is 9.80. The highest BCUT2D eigenvalue weighted by Gasteiger charge is 2.36. The predicted molar refractivity (Wildman–Crippen MR) is 117 cm³/mol. The molecule has 1 aromatic rings. The minimum Gasteiger partial charge on any atom is -0.451 e. The van der Waals surface area contributed by atoms with E-state index in [2.05, 4.69) is 26.1 Å². The smallest absolute Gasteiger partial charge is 0.326 e. The monoisotopic (exact) mass is 452 g/mol. The van der Waals surface area contributed by atoms with Crippen LogP contribution in [-0.4, -0.2) is 67.8 Å². The largest absolute Gasteiger partial charge is 0.451 e. The Labute approximate surface area is 184 Å². The summed E-state index contributed by atoms with van der Waals surface area (Å²) < 4.78 is 28.6. The summed E-state index contributed by atoms with van der Waals surface area (Å²) in [5, 5.41) is 2.49. The molecule has 0 bridgehead atoms. The first-order chi connectivity index (χ1) is 14.3. The molecule has 0 aliphatic carbocycles. The van der Waals surface area contributed by atoms with Gasteiger partial charge in [0.05, 0.1) is 11.5 Å². The van der Waals surface area contributed by atoms with Crippen molar-refractivity contribution in [1.82, 2.24) is 10.2 Å². The highest BCUT2D eigenvalue weighted by Crippen LogP contribution is 2.22. The van der Waals surface area contributed by atoms with E-state index in [0.717, 1.165) is 5.56 Å². The average Bonchev–Trinajstić information content (AvgIpc) is 3.05. The van der Waals surface area contributed by atoms with Gasteiger partial charge in [-0.15, -0.1) is 0 Å². The zero-order valence-electron chi connectivity index (χ0n) is 18.8. The van der Waals surface area contributed by atoms with Gasteiger partial charge in [0.25, 0.3) is 11.8 Å². The number of ether oxygens (including phenoxy) is 1. The van der Waals surface area contributed by atoms with E-state index in [9.17, 15) is 22.8 Å². The van der Waals surface area contributed by atoms with Gasteiger partial charge in [-0.1, -0.05) is 32.9 Å². The number of amides is 2. The molecular weight excluding hydrogens is 420 g/mol. The van der Waals surface area contributed by atoms with E-state index in [4.69, 9.17) is 4.74 Å². The summed E-state index contributed by atoms with van der Waals surface area (Å²) in [5.41, 5.74) is 1.48. The minimum atomic E-state index is -3.14. The average molecular weight is 453 g/mol. The first kappa shape index (κ1) is 24.8. The number of likely N-dealkylation sites (N-methyl/N-ethyl adjacent to an activating group) is 1. The molecule has 0 aromatic heterocycles. The van der Waals surface area contributed by atoms with Crippen molar-refractivity contribution in [2.75, 3.05) is 24.6 Å². The zero-order chi connectivity index (χ0) is 23.4. The van der Waals surface area contributed by atoms with Crippen LogP contribution in [0.15, 0.2) is 24.3 Å². The Balaban J connectivity index is 1.87. The lowest BCUT2D eigenvalue weighted by atomic mass is 9.87. The van der Waals surface area contributed by atoms with Gasteiger partial charge < -0.3 is 15.0 Å². The van der Waals surface area contributed by atoms with Crippen molar-refractivity contribution >= 4 is 27.6 Å². The number of nitrogens with one attached hydrogen (secondary N) is 1. The lowest BCUT2D eigenvalue weighted by Crippen LogP contribution is -2.47. The molecule has 31 heavy (non-hydrogen) atoms. The summed E-state index contributed by atoms with van der Waals surface area (Å²) in [6.07, 6.45) is -0.689. The third-order valence-corrected chi connectivity index (χ3v) is 7.09. The summed E-state index contributed by atoms with van der Waals surface area (Å²) in [6, 6.07) is 6.73. The topological polar surface area (TPSA) is 110 Å². The summed E-state index contributed by atoms with van der Waals surface area (Å²) in [5.74, 6) is -1.62. The number of carbonyl (C=O) groups is 3. The van der Waals surface area contributed by atoms with E-state index in [1.54, 1.807) is 19.1 Å². The highest BCUT2D eigenvalue weighted by molar-refractivity contribution is 7.91. The lowest BCUT2D eigenvalue weighted by molar-refractivity contribution is -0.159. The molecule has 1 aliphatic rings. The van der Waals surface area contributed by atoms with Crippen molar-refractivity contribution in [2.45, 2.75) is 58.6 Å². The van der Waals surface area contributed by atoms with E-state index >= 15 is 0 Å². The second-order valence-corrected chi connectivity index (χ2v) is 11.1. The molecular formula is C22H32N2O6S. The quantitative estimate of drug-likeness (QED) is 0.631. The van der Waals surface area contributed by atoms with Gasteiger partial charge in [-0.2, -0.15) is 0 Å². The van der Waals surface area contributed by atoms with Gasteiger partial charge in [-0.3, -0.25) is 14.4 Å². The molecule has 2 unspecified atom stereocenters. The molecule has 2 atom stereocenters. The number of hydrogen-bond acceptors (Lipinski definition) is 6. The van der Waals surface area contributed by atoms with Crippen LogP contribution in [0.1, 0.15) is 57.0 Å². The molecule has 9 heteroatoms. The number of benzene rings is 1. The predicted octanol–water partition coefficient (Wildman–Crippen LogP) is 1.68. The van der Waals surface area contributed by atoms with Crippen LogP contribution in [0.4, 0.5) is 0 Å². The summed E-state index contributed by atoms with van der Waals surface area (Å²) >= 11 is 0. The van der Waals surface area contributed by atoms with Crippen molar-refractivity contribution in [3.63, 3.8) is 0 Å². The molecule has 1 heterocycles. The Morgan fingerprint density at radius 1 is 1.19 bits per heavy atom. The lowest BCUT2D eigenvalue weighted by Gasteiger charge is -2.29. The van der Waals surface area contributed by atoms with Crippen LogP contribution < -0.4 is 5.32 Å². The standard InChI is InChI=1S/C22H32N2O6S/c1-6-24(18-11-12-31(28,29)14-18)21(27)15(2)30-19(25)13-23-20(26)16-7-9-17(10-8-16)22(3,4)5/h7-10,15,18H,6,11-14H2,1-5H3,(H,23,26). The molecule has 2 rings (SSSR count). The van der Waals surface area contributed by atoms with E-state index in [1.807, 2.05) is 12.1 Å². The fourth-order valence-electron chi connectivity index (χ4n) is 3.51. The molecule has 0 saturated carbocycles. The van der Waals surface area contributed by atoms with E-state index < -0.39 is 39.8 Å². The van der Waals surface area contributed by atoms with Crippen LogP contribution in [0.3, 0.4) is 0 Å². The Morgan fingerprint density at radius 3 is 2.29 bits per heavy atom. The Kier molecular flexibility index (Phi) is 7.86. The number of nitrogens with zero attached hydrogens (tertiary/aromatic N) is 1. The SMILES string of the molecule is CCN(C(=O)C(C)OC(=O)CNC(=O)c1ccc(C(C)(C)C)cc1)C1CCS(=O)(=O)C1. The minimum absolute atomic E-state index is 0.0312. The van der Waals surface area contributed by atoms with Gasteiger partial charge in [-0.05, 0) is 43.4 Å². The van der Waals surface area contributed by atoms with Crippen LogP contribution in [0, 0.1) is 0 Å². The van der Waals surface area contributed by atoms with Crippen molar-refractivity contribution < 1.29 is 27.5 Å². The van der Waals surface area contributed by atoms with Crippen LogP contribution in [-0.2, 0) is 29.6 Å². The summed E-state index contributed by atoms with van der Waals surface area (Å²) in [6.45, 7) is 9.37. The Hall–Kier alpha value is -2.42. The third-order valence-electron chi connectivity index (χ3n) is 5.34. The second-order valence-electron chi connectivity index (χ2n) is 8.82. The molecule has 2 amide bonds. The van der Waals surface area contributed by atoms with E-state index in [1.165, 1.54) is 11.8 Å². The number of sulfone groups is 1. The normalized spacial score (nSPS) is 18.8. The van der Waals surface area contributed by atoms with Crippen LogP contribution in [0.5, 0.6) is 0 Å². The molecule has 1 saturated heterocycles. The van der Waals surface area contributed by atoms with Gasteiger partial charge in [0.15, 0.2) is 15.9 Å². The van der Waals surface area contributed by atoms with Crippen molar-refractivity contribution in [3.05, 3.63) is 35.4 Å². The third kappa shape index (κ3) is 6.78. The van der Waals surface area contributed by atoms with E-state index in [0.29, 0.717) is 18.5 Å². The van der Waals surface area contributed by atoms with Crippen molar-refractivity contribution in [1.29, 1.82) is 0 Å². The van der Waals surface area contributed by atoms with Gasteiger partial charge in [-0.25, -0.2) is 8.42 Å². The maximum atomic E-state index is 12.6. The van der Waals surface area contributed by atoms with Crippen molar-refractivity contribution in [2.24, 2.45) is 0 Å². The summed E-state index contributed by atoms with van der Waals surface area (Å²) in [7, 11) is -3.14. The molecule has 0 spiro atoms. The molecule has 8 nitrogen and oxygen atoms in total. The molecule has 172 valence electrons. The summed E-state index contributed by atoms with van der Waals surface area (Å²) in [4.78, 5) is 38.5. The Morgan fingerprint density at radius 2 is 1.81 bits per heavy atom. The number of rotatable bonds is 7. The van der Waals surface area contributed by atoms with Crippen molar-refractivity contribution in [3.8, 4) is 0 Å². The fourth-order valence-corrected chi connectivity index (χ4v) is 5.24. The molecule has 1 aromatic carbocycles. The van der Waals surface area contributed by atoms with Crippen LogP contribution in [0.25, 0.3) is 0 Å². The molecule has 0 radical (unpaired) electrons. The molecule has 1 fully saturated rings. The van der Waals surface area contributed by atoms with Crippen LogP contribution >= 0.6 is 0 Å². The van der Waals surface area contributed by atoms with Gasteiger partial charge in [0, 0.05) is 18.2 Å². The molecule has 1 aliphatic heterocycles. The van der Waals surface area contributed by atoms with Gasteiger partial charge >= 0.3 is 5.97 Å². The van der Waals surface area contributed by atoms with Gasteiger partial charge in [0.2, 0.25) is 0 Å². The first-order valence-corrected chi connectivity index (χ1v) is 12.3.